The number of nitrogens with zero attached hydrogens (tertiary/aromatic N) is 1. The summed E-state index contributed by atoms with van der Waals surface area (Å²) in [5, 5.41) is 3.13. The van der Waals surface area contributed by atoms with Gasteiger partial charge in [0.15, 0.2) is 0 Å². The van der Waals surface area contributed by atoms with Gasteiger partial charge in [-0.15, -0.1) is 0 Å². The molecular weight excluding hydrogens is 264 g/mol. The van der Waals surface area contributed by atoms with Crippen molar-refractivity contribution < 1.29 is 9.53 Å². The average molecular weight is 281 g/mol. The summed E-state index contributed by atoms with van der Waals surface area (Å²) in [4.78, 5) is 15.2. The Morgan fingerprint density at radius 1 is 1.47 bits per heavy atom. The summed E-state index contributed by atoms with van der Waals surface area (Å²) in [6.07, 6.45) is -0.562. The van der Waals surface area contributed by atoms with Crippen molar-refractivity contribution in [3.63, 3.8) is 0 Å². The summed E-state index contributed by atoms with van der Waals surface area (Å²) in [6.45, 7) is 14.2. The highest BCUT2D eigenvalue weighted by Gasteiger charge is 2.20. The lowest BCUT2D eigenvalue weighted by atomic mass is 10.1. The zero-order chi connectivity index (χ0) is 14.6. The van der Waals surface area contributed by atoms with Gasteiger partial charge in [-0.25, -0.2) is 11.4 Å². The quantitative estimate of drug-likeness (QED) is 0.800. The molecule has 1 aromatic carbocycles. The first-order valence-electron chi connectivity index (χ1n) is 5.89. The number of ether oxygens (including phenoxy) is 1. The van der Waals surface area contributed by atoms with E-state index in [4.69, 9.17) is 22.9 Å². The van der Waals surface area contributed by atoms with Crippen molar-refractivity contribution in [1.29, 1.82) is 0 Å². The summed E-state index contributed by atoms with van der Waals surface area (Å²) in [7, 11) is 0. The second-order valence-electron chi connectivity index (χ2n) is 5.16. The Kier molecular flexibility index (Phi) is 4.79. The number of halogens is 1. The van der Waals surface area contributed by atoms with Crippen molar-refractivity contribution in [2.75, 3.05) is 5.32 Å². The SMILES string of the molecule is [C-]#[N+]C(C)c1ccc(Cl)cc1NC(=O)OC(C)(C)C. The maximum atomic E-state index is 11.7. The molecule has 1 rings (SSSR count). The number of carbonyl (C=O) groups excluding carboxylic acids is 1. The third-order valence-corrected chi connectivity index (χ3v) is 2.53. The molecule has 0 radical (unpaired) electrons. The molecule has 0 heterocycles. The third kappa shape index (κ3) is 4.80. The first-order valence-corrected chi connectivity index (χ1v) is 6.27. The van der Waals surface area contributed by atoms with Crippen molar-refractivity contribution in [3.05, 3.63) is 40.2 Å². The number of carbonyl (C=O) groups is 1. The number of hydrogen-bond donors (Lipinski definition) is 1. The van der Waals surface area contributed by atoms with E-state index < -0.39 is 11.7 Å². The lowest BCUT2D eigenvalue weighted by Crippen LogP contribution is -2.27. The van der Waals surface area contributed by atoms with Crippen LogP contribution in [0.5, 0.6) is 0 Å². The van der Waals surface area contributed by atoms with Gasteiger partial charge in [0.2, 0.25) is 6.04 Å². The molecule has 0 saturated carbocycles. The van der Waals surface area contributed by atoms with Gasteiger partial charge in [-0.1, -0.05) is 11.6 Å². The van der Waals surface area contributed by atoms with Crippen LogP contribution in [0.15, 0.2) is 18.2 Å². The van der Waals surface area contributed by atoms with Crippen LogP contribution >= 0.6 is 11.6 Å². The van der Waals surface area contributed by atoms with Gasteiger partial charge in [-0.2, -0.15) is 0 Å². The predicted octanol–water partition coefficient (Wildman–Crippen LogP) is 4.67. The maximum Gasteiger partial charge on any atom is 0.412 e. The standard InChI is InChI=1S/C14H17ClN2O2/c1-9(16-5)11-7-6-10(15)8-12(11)17-13(18)19-14(2,3)4/h6-9H,1-4H3,(H,17,18). The van der Waals surface area contributed by atoms with Crippen LogP contribution in [0.4, 0.5) is 10.5 Å². The molecule has 0 aliphatic rings. The van der Waals surface area contributed by atoms with Crippen LogP contribution in [0.3, 0.4) is 0 Å². The molecule has 1 unspecified atom stereocenters. The Morgan fingerprint density at radius 2 is 2.11 bits per heavy atom. The van der Waals surface area contributed by atoms with E-state index in [2.05, 4.69) is 10.2 Å². The van der Waals surface area contributed by atoms with Gasteiger partial charge >= 0.3 is 6.09 Å². The fraction of sp³-hybridized carbons (Fsp3) is 0.429. The van der Waals surface area contributed by atoms with E-state index in [1.165, 1.54) is 0 Å². The third-order valence-electron chi connectivity index (χ3n) is 2.29. The van der Waals surface area contributed by atoms with Crippen LogP contribution in [0.2, 0.25) is 5.02 Å². The molecular formula is C14H17ClN2O2. The van der Waals surface area contributed by atoms with Crippen LogP contribution in [-0.2, 0) is 4.74 Å². The molecule has 0 aromatic heterocycles. The van der Waals surface area contributed by atoms with Gasteiger partial charge in [0.1, 0.15) is 5.60 Å². The Balaban J connectivity index is 2.97. The van der Waals surface area contributed by atoms with Gasteiger partial charge < -0.3 is 9.58 Å². The van der Waals surface area contributed by atoms with E-state index >= 15 is 0 Å². The van der Waals surface area contributed by atoms with Gasteiger partial charge in [-0.3, -0.25) is 5.32 Å². The summed E-state index contributed by atoms with van der Waals surface area (Å²) < 4.78 is 5.18. The smallest absolute Gasteiger partial charge is 0.412 e. The van der Waals surface area contributed by atoms with Crippen LogP contribution in [0.1, 0.15) is 39.3 Å². The Morgan fingerprint density at radius 3 is 2.63 bits per heavy atom. The molecule has 1 atom stereocenters. The second-order valence-corrected chi connectivity index (χ2v) is 5.60. The summed E-state index contributed by atoms with van der Waals surface area (Å²) >= 11 is 5.91. The first-order chi connectivity index (χ1) is 8.73. The first kappa shape index (κ1) is 15.3. The summed E-state index contributed by atoms with van der Waals surface area (Å²) in [5.41, 5.74) is 0.643. The number of benzene rings is 1. The van der Waals surface area contributed by atoms with Crippen LogP contribution in [0.25, 0.3) is 4.85 Å². The average Bonchev–Trinajstić information content (AvgIpc) is 2.25. The second kappa shape index (κ2) is 5.94. The van der Waals surface area contributed by atoms with E-state index in [9.17, 15) is 4.79 Å². The zero-order valence-corrected chi connectivity index (χ0v) is 12.2. The highest BCUT2D eigenvalue weighted by molar-refractivity contribution is 6.31. The van der Waals surface area contributed by atoms with Gasteiger partial charge in [0, 0.05) is 11.9 Å². The number of anilines is 1. The molecule has 19 heavy (non-hydrogen) atoms. The molecule has 1 amide bonds. The minimum absolute atomic E-state index is 0.359. The minimum atomic E-state index is -0.575. The van der Waals surface area contributed by atoms with E-state index in [0.717, 1.165) is 0 Å². The number of nitrogens with one attached hydrogen (secondary N) is 1. The Hall–Kier alpha value is -1.73. The lowest BCUT2D eigenvalue weighted by Gasteiger charge is -2.20. The van der Waals surface area contributed by atoms with Crippen LogP contribution in [-0.4, -0.2) is 11.7 Å². The fourth-order valence-corrected chi connectivity index (χ4v) is 1.66. The van der Waals surface area contributed by atoms with E-state index in [1.54, 1.807) is 45.9 Å². The lowest BCUT2D eigenvalue weighted by molar-refractivity contribution is 0.0636. The molecule has 1 N–H and O–H groups in total. The Labute approximate surface area is 118 Å². The van der Waals surface area contributed by atoms with Crippen molar-refractivity contribution in [3.8, 4) is 0 Å². The van der Waals surface area contributed by atoms with Gasteiger partial charge in [0.05, 0.1) is 11.3 Å². The number of amides is 1. The Bertz CT molecular complexity index is 515. The minimum Gasteiger partial charge on any atom is -0.444 e. The molecule has 0 aliphatic heterocycles. The van der Waals surface area contributed by atoms with Crippen LogP contribution in [0, 0.1) is 6.57 Å². The topological polar surface area (TPSA) is 42.7 Å². The largest absolute Gasteiger partial charge is 0.444 e. The van der Waals surface area contributed by atoms with Gasteiger partial charge in [0.25, 0.3) is 0 Å². The van der Waals surface area contributed by atoms with Crippen molar-refractivity contribution in [1.82, 2.24) is 0 Å². The van der Waals surface area contributed by atoms with Crippen molar-refractivity contribution in [2.45, 2.75) is 39.3 Å². The summed E-state index contributed by atoms with van der Waals surface area (Å²) in [5.74, 6) is 0. The number of rotatable bonds is 2. The predicted molar refractivity (Wildman–Crippen MR) is 76.3 cm³/mol. The van der Waals surface area contributed by atoms with Crippen LogP contribution < -0.4 is 5.32 Å². The molecule has 0 fully saturated rings. The van der Waals surface area contributed by atoms with Gasteiger partial charge in [-0.05, 0) is 39.0 Å². The van der Waals surface area contributed by atoms with Crippen molar-refractivity contribution in [2.24, 2.45) is 0 Å². The summed E-state index contributed by atoms with van der Waals surface area (Å²) in [6, 6.07) is 4.68. The molecule has 102 valence electrons. The zero-order valence-electron chi connectivity index (χ0n) is 11.5. The molecule has 0 bridgehead atoms. The van der Waals surface area contributed by atoms with Crippen molar-refractivity contribution >= 4 is 23.4 Å². The molecule has 0 spiro atoms. The maximum absolute atomic E-state index is 11.7. The number of hydrogen-bond acceptors (Lipinski definition) is 2. The molecule has 1 aromatic rings. The highest BCUT2D eigenvalue weighted by atomic mass is 35.5. The monoisotopic (exact) mass is 280 g/mol. The fourth-order valence-electron chi connectivity index (χ4n) is 1.48. The molecule has 4 nitrogen and oxygen atoms in total. The van der Waals surface area contributed by atoms with E-state index in [0.29, 0.717) is 16.3 Å². The van der Waals surface area contributed by atoms with E-state index in [1.807, 2.05) is 0 Å². The molecule has 0 aliphatic carbocycles. The normalized spacial score (nSPS) is 12.4. The molecule has 5 heteroatoms. The molecule has 0 saturated heterocycles. The van der Waals surface area contributed by atoms with E-state index in [-0.39, 0.29) is 6.04 Å². The highest BCUT2D eigenvalue weighted by Crippen LogP contribution is 2.28.